The molecular weight excluding hydrogens is 567 g/mol. The first-order valence-corrected chi connectivity index (χ1v) is 16.3. The van der Waals surface area contributed by atoms with Gasteiger partial charge in [-0.3, -0.25) is 9.78 Å². The van der Waals surface area contributed by atoms with Gasteiger partial charge in [-0.1, -0.05) is 18.9 Å². The van der Waals surface area contributed by atoms with E-state index in [1.165, 1.54) is 38.5 Å². The summed E-state index contributed by atoms with van der Waals surface area (Å²) in [6.45, 7) is 0.903. The molecule has 45 heavy (non-hydrogen) atoms. The molecule has 4 aromatic rings. The standard InChI is InChI=1S/C37H37FN4O3/c1-44-33-16-24(36(43)41-31-19-37-12-9-22(18-37)3-2-4-29(31)37)5-7-28(33)34-17-30-35(45-34)27(10-13-40-30)23-6-8-32(25(15-23)20-39)42-14-11-26(38)21-42/h5-8,10,13,15-17,22,26,29,31H,2-4,9,11-12,14,18-19,21H2,1H3,(H,41,43)/t22?,26-,29?,31?,37?/m1/s1. The maximum atomic E-state index is 13.9. The maximum absolute atomic E-state index is 13.9. The largest absolute Gasteiger partial charge is 0.496 e. The van der Waals surface area contributed by atoms with E-state index >= 15 is 0 Å². The van der Waals surface area contributed by atoms with Crippen LogP contribution in [0.15, 0.2) is 59.1 Å². The van der Waals surface area contributed by atoms with Gasteiger partial charge in [0.2, 0.25) is 0 Å². The molecule has 1 aliphatic heterocycles. The van der Waals surface area contributed by atoms with Crippen molar-refractivity contribution in [1.82, 2.24) is 10.3 Å². The number of benzene rings is 2. The molecule has 8 heteroatoms. The van der Waals surface area contributed by atoms with Gasteiger partial charge in [0, 0.05) is 42.5 Å². The van der Waals surface area contributed by atoms with Crippen LogP contribution in [0.1, 0.15) is 67.3 Å². The Balaban J connectivity index is 1.05. The van der Waals surface area contributed by atoms with E-state index in [0.29, 0.717) is 64.6 Å². The molecule has 2 aromatic heterocycles. The van der Waals surface area contributed by atoms with Crippen LogP contribution in [0.3, 0.4) is 0 Å². The number of nitriles is 1. The summed E-state index contributed by atoms with van der Waals surface area (Å²) in [7, 11) is 1.60. The van der Waals surface area contributed by atoms with Gasteiger partial charge in [0.25, 0.3) is 5.91 Å². The van der Waals surface area contributed by atoms with Crippen molar-refractivity contribution in [3.05, 3.63) is 65.9 Å². The summed E-state index contributed by atoms with van der Waals surface area (Å²) in [5.41, 5.74) is 5.91. The quantitative estimate of drug-likeness (QED) is 0.243. The van der Waals surface area contributed by atoms with Crippen molar-refractivity contribution < 1.29 is 18.3 Å². The zero-order valence-electron chi connectivity index (χ0n) is 25.5. The number of nitrogens with one attached hydrogen (secondary N) is 1. The molecule has 3 heterocycles. The summed E-state index contributed by atoms with van der Waals surface area (Å²) in [5.74, 6) is 2.58. The molecule has 3 saturated carbocycles. The number of furan rings is 1. The number of nitrogens with zero attached hydrogens (tertiary/aromatic N) is 3. The Labute approximate surface area is 262 Å². The highest BCUT2D eigenvalue weighted by Crippen LogP contribution is 2.63. The van der Waals surface area contributed by atoms with E-state index in [0.717, 1.165) is 34.7 Å². The molecule has 8 rings (SSSR count). The lowest BCUT2D eigenvalue weighted by atomic mass is 9.55. The molecule has 3 aliphatic carbocycles. The van der Waals surface area contributed by atoms with Gasteiger partial charge in [-0.15, -0.1) is 0 Å². The molecule has 2 bridgehead atoms. The number of anilines is 1. The Hall–Kier alpha value is -4.38. The van der Waals surface area contributed by atoms with E-state index in [1.807, 2.05) is 47.4 Å². The number of ether oxygens (including phenoxy) is 1. The third-order valence-electron chi connectivity index (χ3n) is 11.1. The molecule has 1 spiro atoms. The van der Waals surface area contributed by atoms with E-state index in [1.54, 1.807) is 19.4 Å². The van der Waals surface area contributed by atoms with Crippen LogP contribution in [0.2, 0.25) is 0 Å². The summed E-state index contributed by atoms with van der Waals surface area (Å²) >= 11 is 0. The van der Waals surface area contributed by atoms with Crippen molar-refractivity contribution in [2.24, 2.45) is 17.3 Å². The van der Waals surface area contributed by atoms with Crippen LogP contribution in [-0.2, 0) is 0 Å². The van der Waals surface area contributed by atoms with Gasteiger partial charge in [-0.25, -0.2) is 4.39 Å². The number of aromatic nitrogens is 1. The number of carbonyl (C=O) groups excluding carboxylic acids is 1. The first kappa shape index (κ1) is 28.1. The lowest BCUT2D eigenvalue weighted by Gasteiger charge is -2.54. The van der Waals surface area contributed by atoms with E-state index in [4.69, 9.17) is 9.15 Å². The highest BCUT2D eigenvalue weighted by Gasteiger charge is 2.57. The van der Waals surface area contributed by atoms with Crippen molar-refractivity contribution in [2.45, 2.75) is 63.6 Å². The van der Waals surface area contributed by atoms with Gasteiger partial charge in [-0.05, 0) is 97.7 Å². The van der Waals surface area contributed by atoms with Crippen LogP contribution < -0.4 is 15.0 Å². The number of rotatable bonds is 6. The summed E-state index contributed by atoms with van der Waals surface area (Å²) in [6.07, 6.45) is 10.3. The normalized spacial score (nSPS) is 27.0. The second-order valence-corrected chi connectivity index (χ2v) is 13.6. The fourth-order valence-corrected chi connectivity index (χ4v) is 8.91. The summed E-state index contributed by atoms with van der Waals surface area (Å²) < 4.78 is 26.0. The van der Waals surface area contributed by atoms with Gasteiger partial charge >= 0.3 is 0 Å². The molecule has 4 aliphatic rings. The molecule has 5 atom stereocenters. The third-order valence-corrected chi connectivity index (χ3v) is 11.1. The van der Waals surface area contributed by atoms with E-state index in [-0.39, 0.29) is 11.9 Å². The van der Waals surface area contributed by atoms with Crippen molar-refractivity contribution in [3.63, 3.8) is 0 Å². The monoisotopic (exact) mass is 604 g/mol. The molecule has 0 radical (unpaired) electrons. The van der Waals surface area contributed by atoms with Gasteiger partial charge in [-0.2, -0.15) is 5.26 Å². The fraction of sp³-hybridized carbons (Fsp3) is 0.432. The lowest BCUT2D eigenvalue weighted by Crippen LogP contribution is -2.58. The van der Waals surface area contributed by atoms with Crippen molar-refractivity contribution in [3.8, 4) is 34.3 Å². The van der Waals surface area contributed by atoms with Gasteiger partial charge in [0.1, 0.15) is 29.3 Å². The van der Waals surface area contributed by atoms with Crippen molar-refractivity contribution >= 4 is 22.7 Å². The first-order chi connectivity index (χ1) is 21.9. The van der Waals surface area contributed by atoms with E-state index < -0.39 is 6.17 Å². The Morgan fingerprint density at radius 2 is 2.02 bits per heavy atom. The minimum Gasteiger partial charge on any atom is -0.496 e. The number of hydrogen-bond acceptors (Lipinski definition) is 6. The second kappa shape index (κ2) is 10.9. The van der Waals surface area contributed by atoms with Gasteiger partial charge in [0.05, 0.1) is 23.9 Å². The van der Waals surface area contributed by atoms with Crippen LogP contribution in [0.4, 0.5) is 10.1 Å². The molecule has 2 aromatic carbocycles. The number of halogens is 1. The number of amides is 1. The highest BCUT2D eigenvalue weighted by atomic mass is 19.1. The molecule has 230 valence electrons. The zero-order valence-corrected chi connectivity index (χ0v) is 25.5. The molecule has 1 saturated heterocycles. The molecule has 7 nitrogen and oxygen atoms in total. The van der Waals surface area contributed by atoms with Crippen LogP contribution in [0, 0.1) is 28.6 Å². The average Bonchev–Trinajstić information content (AvgIpc) is 3.79. The number of hydrogen-bond donors (Lipinski definition) is 1. The minimum atomic E-state index is -0.871. The Morgan fingerprint density at radius 1 is 1.11 bits per heavy atom. The Kier molecular flexibility index (Phi) is 6.81. The average molecular weight is 605 g/mol. The third kappa shape index (κ3) is 4.75. The Morgan fingerprint density at radius 3 is 2.84 bits per heavy atom. The summed E-state index contributed by atoms with van der Waals surface area (Å²) in [6, 6.07) is 17.4. The SMILES string of the molecule is COc1cc(C(=O)NC2CC34CCC(CCCC23)C4)ccc1-c1cc2nccc(-c3ccc(N4CC[C@@H](F)C4)c(C#N)c3)c2o1. The van der Waals surface area contributed by atoms with Crippen molar-refractivity contribution in [2.75, 3.05) is 25.1 Å². The number of methoxy groups -OCH3 is 1. The van der Waals surface area contributed by atoms with E-state index in [9.17, 15) is 14.4 Å². The van der Waals surface area contributed by atoms with E-state index in [2.05, 4.69) is 16.4 Å². The second-order valence-electron chi connectivity index (χ2n) is 13.6. The maximum Gasteiger partial charge on any atom is 0.251 e. The smallest absolute Gasteiger partial charge is 0.251 e. The zero-order chi connectivity index (χ0) is 30.7. The van der Waals surface area contributed by atoms with Crippen LogP contribution >= 0.6 is 0 Å². The summed E-state index contributed by atoms with van der Waals surface area (Å²) in [5, 5.41) is 13.3. The Bertz CT molecular complexity index is 1840. The molecular formula is C37H37FN4O3. The molecule has 4 unspecified atom stereocenters. The first-order valence-electron chi connectivity index (χ1n) is 16.3. The van der Waals surface area contributed by atoms with Crippen LogP contribution in [0.25, 0.3) is 33.6 Å². The predicted molar refractivity (Wildman–Crippen MR) is 171 cm³/mol. The highest BCUT2D eigenvalue weighted by molar-refractivity contribution is 5.97. The topological polar surface area (TPSA) is 91.4 Å². The lowest BCUT2D eigenvalue weighted by molar-refractivity contribution is -0.00950. The molecule has 4 fully saturated rings. The van der Waals surface area contributed by atoms with Crippen LogP contribution in [-0.4, -0.2) is 43.3 Å². The predicted octanol–water partition coefficient (Wildman–Crippen LogP) is 7.68. The molecule has 1 N–H and O–H groups in total. The van der Waals surface area contributed by atoms with Gasteiger partial charge < -0.3 is 19.4 Å². The molecule has 1 amide bonds. The number of pyridine rings is 1. The van der Waals surface area contributed by atoms with Gasteiger partial charge in [0.15, 0.2) is 5.58 Å². The van der Waals surface area contributed by atoms with Crippen molar-refractivity contribution in [1.29, 1.82) is 5.26 Å². The fourth-order valence-electron chi connectivity index (χ4n) is 8.91. The van der Waals surface area contributed by atoms with Crippen LogP contribution in [0.5, 0.6) is 5.75 Å². The summed E-state index contributed by atoms with van der Waals surface area (Å²) in [4.78, 5) is 19.9. The minimum absolute atomic E-state index is 0.0558. The number of alkyl halides is 1. The number of carbonyl (C=O) groups is 1. The number of fused-ring (bicyclic) bond motifs is 2.